The highest BCUT2D eigenvalue weighted by Crippen LogP contribution is 2.13. The number of benzene rings is 2. The fourth-order valence-electron chi connectivity index (χ4n) is 2.30. The molecule has 0 bridgehead atoms. The van der Waals surface area contributed by atoms with E-state index in [0.717, 1.165) is 16.9 Å². The zero-order valence-electron chi connectivity index (χ0n) is 13.9. The molecule has 0 fully saturated rings. The van der Waals surface area contributed by atoms with Crippen LogP contribution in [0, 0.1) is 17.0 Å². The third-order valence-electron chi connectivity index (χ3n) is 3.65. The highest BCUT2D eigenvalue weighted by Gasteiger charge is 2.11. The number of rotatable bonds is 5. The first kappa shape index (κ1) is 17.0. The van der Waals surface area contributed by atoms with E-state index in [1.54, 1.807) is 10.9 Å². The van der Waals surface area contributed by atoms with Gasteiger partial charge in [-0.2, -0.15) is 10.2 Å². The van der Waals surface area contributed by atoms with Crippen molar-refractivity contribution >= 4 is 17.8 Å². The lowest BCUT2D eigenvalue weighted by Gasteiger charge is -1.99. The number of nitro benzene ring substituents is 1. The molecule has 8 nitrogen and oxygen atoms in total. The van der Waals surface area contributed by atoms with Crippen LogP contribution in [0.3, 0.4) is 0 Å². The second kappa shape index (κ2) is 7.39. The van der Waals surface area contributed by atoms with Crippen LogP contribution in [0.25, 0.3) is 5.69 Å². The number of carbonyl (C=O) groups is 1. The first-order chi connectivity index (χ1) is 12.5. The second-order valence-electron chi connectivity index (χ2n) is 5.46. The zero-order valence-corrected chi connectivity index (χ0v) is 13.9. The third-order valence-corrected chi connectivity index (χ3v) is 3.65. The summed E-state index contributed by atoms with van der Waals surface area (Å²) in [6.45, 7) is 1.84. The average Bonchev–Trinajstić information content (AvgIpc) is 3.03. The van der Waals surface area contributed by atoms with Gasteiger partial charge in [-0.25, -0.2) is 10.1 Å². The lowest BCUT2D eigenvalue weighted by Crippen LogP contribution is -2.17. The Bertz CT molecular complexity index is 980. The number of nitrogens with one attached hydrogen (secondary N) is 1. The highest BCUT2D eigenvalue weighted by molar-refractivity contribution is 5.95. The largest absolute Gasteiger partial charge is 0.271 e. The van der Waals surface area contributed by atoms with Crippen LogP contribution in [-0.2, 0) is 0 Å². The molecule has 0 saturated heterocycles. The third kappa shape index (κ3) is 3.81. The van der Waals surface area contributed by atoms with Gasteiger partial charge >= 0.3 is 0 Å². The van der Waals surface area contributed by atoms with Crippen molar-refractivity contribution in [3.63, 3.8) is 0 Å². The van der Waals surface area contributed by atoms with E-state index in [9.17, 15) is 14.9 Å². The molecule has 0 aliphatic rings. The number of non-ortho nitro benzene ring substituents is 1. The molecule has 1 N–H and O–H groups in total. The van der Waals surface area contributed by atoms with Gasteiger partial charge in [0.2, 0.25) is 0 Å². The predicted octanol–water partition coefficient (Wildman–Crippen LogP) is 2.85. The zero-order chi connectivity index (χ0) is 18.5. The van der Waals surface area contributed by atoms with E-state index in [2.05, 4.69) is 15.6 Å². The first-order valence-electron chi connectivity index (χ1n) is 7.74. The maximum Gasteiger partial charge on any atom is 0.271 e. The van der Waals surface area contributed by atoms with E-state index in [1.165, 1.54) is 30.5 Å². The fraction of sp³-hybridized carbons (Fsp3) is 0.0556. The van der Waals surface area contributed by atoms with Crippen LogP contribution in [0.4, 0.5) is 5.69 Å². The smallest absolute Gasteiger partial charge is 0.267 e. The van der Waals surface area contributed by atoms with Crippen molar-refractivity contribution in [2.24, 2.45) is 5.10 Å². The van der Waals surface area contributed by atoms with Gasteiger partial charge in [-0.3, -0.25) is 14.9 Å². The Morgan fingerprint density at radius 3 is 2.73 bits per heavy atom. The van der Waals surface area contributed by atoms with Gasteiger partial charge in [0.15, 0.2) is 0 Å². The second-order valence-corrected chi connectivity index (χ2v) is 5.46. The molecule has 130 valence electrons. The van der Waals surface area contributed by atoms with Gasteiger partial charge in [-0.1, -0.05) is 24.3 Å². The van der Waals surface area contributed by atoms with E-state index in [-0.39, 0.29) is 11.3 Å². The van der Waals surface area contributed by atoms with E-state index < -0.39 is 10.8 Å². The molecule has 0 saturated carbocycles. The van der Waals surface area contributed by atoms with Crippen LogP contribution in [0.15, 0.2) is 65.9 Å². The molecule has 0 aliphatic carbocycles. The average molecular weight is 349 g/mol. The molecule has 26 heavy (non-hydrogen) atoms. The summed E-state index contributed by atoms with van der Waals surface area (Å²) in [7, 11) is 0. The molecule has 0 radical (unpaired) electrons. The number of carbonyl (C=O) groups excluding carboxylic acids is 1. The van der Waals surface area contributed by atoms with E-state index in [0.29, 0.717) is 0 Å². The number of hydrazone groups is 1. The Balaban J connectivity index is 1.71. The van der Waals surface area contributed by atoms with E-state index in [4.69, 9.17) is 0 Å². The molecule has 2 aromatic carbocycles. The van der Waals surface area contributed by atoms with Crippen LogP contribution in [0.2, 0.25) is 0 Å². The molecule has 0 spiro atoms. The minimum absolute atomic E-state index is 0.151. The molecule has 3 rings (SSSR count). The first-order valence-corrected chi connectivity index (χ1v) is 7.74. The van der Waals surface area contributed by atoms with Gasteiger partial charge in [0.25, 0.3) is 11.6 Å². The molecule has 3 aromatic rings. The van der Waals surface area contributed by atoms with Gasteiger partial charge in [-0.15, -0.1) is 0 Å². The molecule has 1 amide bonds. The van der Waals surface area contributed by atoms with Gasteiger partial charge in [0.1, 0.15) is 0 Å². The lowest BCUT2D eigenvalue weighted by atomic mass is 10.2. The number of aryl methyl sites for hydroxylation is 1. The van der Waals surface area contributed by atoms with Crippen molar-refractivity contribution in [2.75, 3.05) is 0 Å². The molecule has 0 aliphatic heterocycles. The van der Waals surface area contributed by atoms with Gasteiger partial charge in [0, 0.05) is 29.5 Å². The molecule has 1 aromatic heterocycles. The predicted molar refractivity (Wildman–Crippen MR) is 96.5 cm³/mol. The van der Waals surface area contributed by atoms with Crippen molar-refractivity contribution in [3.05, 3.63) is 87.7 Å². The minimum atomic E-state index is -0.554. The summed E-state index contributed by atoms with van der Waals surface area (Å²) < 4.78 is 1.72. The van der Waals surface area contributed by atoms with Gasteiger partial charge in [0.05, 0.1) is 22.5 Å². The van der Waals surface area contributed by atoms with Crippen LogP contribution in [-0.4, -0.2) is 26.8 Å². The maximum atomic E-state index is 12.1. The monoisotopic (exact) mass is 349 g/mol. The Morgan fingerprint density at radius 2 is 2.00 bits per heavy atom. The molecule has 0 atom stereocenters. The lowest BCUT2D eigenvalue weighted by molar-refractivity contribution is -0.384. The summed E-state index contributed by atoms with van der Waals surface area (Å²) >= 11 is 0. The molecular weight excluding hydrogens is 334 g/mol. The van der Waals surface area contributed by atoms with Crippen molar-refractivity contribution in [1.82, 2.24) is 15.2 Å². The number of hydrogen-bond donors (Lipinski definition) is 1. The van der Waals surface area contributed by atoms with Crippen LogP contribution >= 0.6 is 0 Å². The number of para-hydroxylation sites is 1. The summed E-state index contributed by atoms with van der Waals surface area (Å²) in [5.74, 6) is -0.530. The molecule has 8 heteroatoms. The van der Waals surface area contributed by atoms with Gasteiger partial charge in [-0.05, 0) is 25.1 Å². The van der Waals surface area contributed by atoms with Crippen molar-refractivity contribution < 1.29 is 9.72 Å². The quantitative estimate of drug-likeness (QED) is 0.434. The van der Waals surface area contributed by atoms with Crippen molar-refractivity contribution in [1.29, 1.82) is 0 Å². The van der Waals surface area contributed by atoms with Crippen molar-refractivity contribution in [3.8, 4) is 5.69 Å². The summed E-state index contributed by atoms with van der Waals surface area (Å²) in [4.78, 5) is 22.3. The number of hydrogen-bond acceptors (Lipinski definition) is 5. The fourth-order valence-corrected chi connectivity index (χ4v) is 2.30. The summed E-state index contributed by atoms with van der Waals surface area (Å²) in [5.41, 5.74) is 4.78. The van der Waals surface area contributed by atoms with Crippen LogP contribution in [0.5, 0.6) is 0 Å². The standard InChI is InChI=1S/C18H15N5O3/c1-13-15(12-22(21-13)16-7-3-2-4-8-16)11-19-20-18(24)14-6-5-9-17(10-14)23(25)26/h2-12H,1H3,(H,20,24)/b19-11-. The Hall–Kier alpha value is -3.81. The van der Waals surface area contributed by atoms with E-state index >= 15 is 0 Å². The number of nitro groups is 1. The number of nitrogens with zero attached hydrogens (tertiary/aromatic N) is 4. The molecule has 0 unspecified atom stereocenters. The number of aromatic nitrogens is 2. The van der Waals surface area contributed by atoms with E-state index in [1.807, 2.05) is 37.3 Å². The van der Waals surface area contributed by atoms with Crippen LogP contribution in [0.1, 0.15) is 21.6 Å². The normalized spacial score (nSPS) is 10.8. The van der Waals surface area contributed by atoms with Gasteiger partial charge < -0.3 is 0 Å². The van der Waals surface area contributed by atoms with Crippen LogP contribution < -0.4 is 5.43 Å². The van der Waals surface area contributed by atoms with Crippen molar-refractivity contribution in [2.45, 2.75) is 6.92 Å². The molecule has 1 heterocycles. The summed E-state index contributed by atoms with van der Waals surface area (Å²) in [6, 6.07) is 15.1. The Labute approximate surface area is 148 Å². The Morgan fingerprint density at radius 1 is 1.23 bits per heavy atom. The molecular formula is C18H15N5O3. The minimum Gasteiger partial charge on any atom is -0.267 e. The Kier molecular flexibility index (Phi) is 4.84. The number of amides is 1. The SMILES string of the molecule is Cc1nn(-c2ccccc2)cc1/C=N\NC(=O)c1cccc([N+](=O)[O-])c1. The summed E-state index contributed by atoms with van der Waals surface area (Å²) in [6.07, 6.45) is 3.28. The maximum absolute atomic E-state index is 12.1. The topological polar surface area (TPSA) is 102 Å². The summed E-state index contributed by atoms with van der Waals surface area (Å²) in [5, 5.41) is 19.1. The highest BCUT2D eigenvalue weighted by atomic mass is 16.6.